The van der Waals surface area contributed by atoms with Crippen LogP contribution in [0.25, 0.3) is 32.8 Å². The molecule has 1 aliphatic heterocycles. The standard InChI is InChI=1S/C27H25F3NO/c1-15-19-8-6-7-9-20(19)16(2)25-22(15)24-23-18(10-11-31(24)5)12-17(13-21(23)32-25)14-26(3,4)27(28,29)30/h6-13H,14H2,1-5H3/q+1. The highest BCUT2D eigenvalue weighted by Gasteiger charge is 2.47. The Labute approximate surface area is 185 Å². The first-order chi connectivity index (χ1) is 15.0. The number of hydrogen-bond acceptors (Lipinski definition) is 1. The van der Waals surface area contributed by atoms with E-state index in [0.717, 1.165) is 44.3 Å². The van der Waals surface area contributed by atoms with Crippen LogP contribution in [-0.4, -0.2) is 6.18 Å². The van der Waals surface area contributed by atoms with Crippen LogP contribution < -0.4 is 9.30 Å². The molecule has 3 aromatic carbocycles. The topological polar surface area (TPSA) is 13.1 Å². The van der Waals surface area contributed by atoms with Crippen molar-refractivity contribution in [1.82, 2.24) is 0 Å². The molecule has 1 aromatic heterocycles. The maximum Gasteiger partial charge on any atom is 0.394 e. The molecule has 0 spiro atoms. The summed E-state index contributed by atoms with van der Waals surface area (Å²) in [5, 5.41) is 4.13. The molecule has 0 N–H and O–H groups in total. The van der Waals surface area contributed by atoms with Crippen LogP contribution in [0.1, 0.15) is 30.5 Å². The van der Waals surface area contributed by atoms with E-state index in [1.807, 2.05) is 44.4 Å². The smallest absolute Gasteiger partial charge is 0.394 e. The summed E-state index contributed by atoms with van der Waals surface area (Å²) in [6, 6.07) is 13.9. The lowest BCUT2D eigenvalue weighted by Crippen LogP contribution is -2.34. The lowest BCUT2D eigenvalue weighted by Gasteiger charge is -2.29. The Kier molecular flexibility index (Phi) is 4.36. The molecule has 4 aromatic rings. The van der Waals surface area contributed by atoms with E-state index in [4.69, 9.17) is 4.74 Å². The van der Waals surface area contributed by atoms with Gasteiger partial charge in [-0.05, 0) is 53.6 Å². The van der Waals surface area contributed by atoms with Gasteiger partial charge in [0.1, 0.15) is 18.5 Å². The number of fused-ring (bicyclic) bond motifs is 3. The molecule has 0 unspecified atom stereocenters. The first-order valence-corrected chi connectivity index (χ1v) is 10.7. The van der Waals surface area contributed by atoms with Crippen LogP contribution >= 0.6 is 0 Å². The first kappa shape index (κ1) is 20.8. The number of benzene rings is 3. The molecule has 2 nitrogen and oxygen atoms in total. The van der Waals surface area contributed by atoms with E-state index in [-0.39, 0.29) is 6.42 Å². The van der Waals surface area contributed by atoms with Crippen LogP contribution in [0.15, 0.2) is 48.7 Å². The number of aromatic nitrogens is 1. The van der Waals surface area contributed by atoms with Gasteiger partial charge >= 0.3 is 6.18 Å². The molecule has 0 radical (unpaired) electrons. The van der Waals surface area contributed by atoms with Crippen LogP contribution in [0.3, 0.4) is 0 Å². The minimum Gasteiger partial charge on any atom is -0.455 e. The van der Waals surface area contributed by atoms with Gasteiger partial charge in [-0.1, -0.05) is 44.2 Å². The average molecular weight is 436 g/mol. The molecule has 1 aliphatic rings. The van der Waals surface area contributed by atoms with Crippen molar-refractivity contribution < 1.29 is 22.5 Å². The number of rotatable bonds is 2. The van der Waals surface area contributed by atoms with Crippen molar-refractivity contribution >= 4 is 21.5 Å². The molecule has 32 heavy (non-hydrogen) atoms. The summed E-state index contributed by atoms with van der Waals surface area (Å²) in [5.41, 5.74) is 3.04. The summed E-state index contributed by atoms with van der Waals surface area (Å²) in [5.74, 6) is 1.40. The van der Waals surface area contributed by atoms with Crippen molar-refractivity contribution in [2.45, 2.75) is 40.3 Å². The molecule has 5 rings (SSSR count). The van der Waals surface area contributed by atoms with Gasteiger partial charge in [-0.2, -0.15) is 13.2 Å². The second kappa shape index (κ2) is 6.71. The van der Waals surface area contributed by atoms with Gasteiger partial charge in [0.2, 0.25) is 5.69 Å². The third-order valence-electron chi connectivity index (χ3n) is 6.80. The molecule has 0 saturated heterocycles. The molecule has 2 heterocycles. The number of halogens is 3. The summed E-state index contributed by atoms with van der Waals surface area (Å²) in [7, 11) is 2.00. The third kappa shape index (κ3) is 2.90. The number of ether oxygens (including phenoxy) is 1. The molecule has 0 bridgehead atoms. The summed E-state index contributed by atoms with van der Waals surface area (Å²) in [6.07, 6.45) is -2.42. The van der Waals surface area contributed by atoms with Gasteiger partial charge in [-0.3, -0.25) is 0 Å². The highest BCUT2D eigenvalue weighted by Crippen LogP contribution is 2.51. The Balaban J connectivity index is 1.80. The summed E-state index contributed by atoms with van der Waals surface area (Å²) in [6.45, 7) is 6.64. The Hall–Kier alpha value is -3.08. The highest BCUT2D eigenvalue weighted by molar-refractivity contribution is 6.06. The number of pyridine rings is 1. The van der Waals surface area contributed by atoms with Crippen LogP contribution in [0.5, 0.6) is 11.5 Å². The fourth-order valence-corrected chi connectivity index (χ4v) is 4.89. The fraction of sp³-hybridized carbons (Fsp3) is 0.296. The zero-order valence-electron chi connectivity index (χ0n) is 18.8. The number of hydrogen-bond donors (Lipinski definition) is 0. The van der Waals surface area contributed by atoms with Crippen LogP contribution in [-0.2, 0) is 13.5 Å². The quantitative estimate of drug-likeness (QED) is 0.264. The van der Waals surface area contributed by atoms with E-state index in [0.29, 0.717) is 11.3 Å². The van der Waals surface area contributed by atoms with E-state index in [1.54, 1.807) is 6.07 Å². The van der Waals surface area contributed by atoms with Crippen LogP contribution in [0.2, 0.25) is 0 Å². The Morgan fingerprint density at radius 2 is 1.59 bits per heavy atom. The van der Waals surface area contributed by atoms with Gasteiger partial charge in [-0.25, -0.2) is 4.57 Å². The Morgan fingerprint density at radius 3 is 2.25 bits per heavy atom. The summed E-state index contributed by atoms with van der Waals surface area (Å²) in [4.78, 5) is 0. The van der Waals surface area contributed by atoms with E-state index in [2.05, 4.69) is 23.6 Å². The van der Waals surface area contributed by atoms with Crippen LogP contribution in [0.4, 0.5) is 13.2 Å². The number of alkyl halides is 3. The van der Waals surface area contributed by atoms with Gasteiger partial charge in [0.05, 0.1) is 16.4 Å². The predicted octanol–water partition coefficient (Wildman–Crippen LogP) is 7.34. The molecular weight excluding hydrogens is 411 g/mol. The largest absolute Gasteiger partial charge is 0.455 e. The molecule has 164 valence electrons. The van der Waals surface area contributed by atoms with E-state index >= 15 is 0 Å². The molecule has 0 aliphatic carbocycles. The molecule has 5 heteroatoms. The highest BCUT2D eigenvalue weighted by atomic mass is 19.4. The average Bonchev–Trinajstić information content (AvgIpc) is 2.72. The van der Waals surface area contributed by atoms with Crippen LogP contribution in [0, 0.1) is 19.3 Å². The van der Waals surface area contributed by atoms with Gasteiger partial charge < -0.3 is 4.74 Å². The monoisotopic (exact) mass is 436 g/mol. The lowest BCUT2D eigenvalue weighted by molar-refractivity contribution is -0.659. The normalized spacial score (nSPS) is 13.4. The molecule has 0 amide bonds. The molecule has 0 saturated carbocycles. The van der Waals surface area contributed by atoms with E-state index in [9.17, 15) is 13.2 Å². The Morgan fingerprint density at radius 1 is 0.938 bits per heavy atom. The van der Waals surface area contributed by atoms with Crippen molar-refractivity contribution in [2.75, 3.05) is 0 Å². The zero-order chi connectivity index (χ0) is 23.0. The minimum absolute atomic E-state index is 0.109. The van der Waals surface area contributed by atoms with Gasteiger partial charge in [0.25, 0.3) is 0 Å². The second-order valence-corrected chi connectivity index (χ2v) is 9.49. The maximum atomic E-state index is 13.6. The predicted molar refractivity (Wildman–Crippen MR) is 121 cm³/mol. The number of nitrogens with zero attached hydrogens (tertiary/aromatic N) is 1. The zero-order valence-corrected chi connectivity index (χ0v) is 18.8. The third-order valence-corrected chi connectivity index (χ3v) is 6.80. The lowest BCUT2D eigenvalue weighted by atomic mass is 9.83. The van der Waals surface area contributed by atoms with Crippen molar-refractivity contribution in [3.8, 4) is 22.8 Å². The van der Waals surface area contributed by atoms with Crippen molar-refractivity contribution in [2.24, 2.45) is 12.5 Å². The van der Waals surface area contributed by atoms with Gasteiger partial charge in [0.15, 0.2) is 6.20 Å². The fourth-order valence-electron chi connectivity index (χ4n) is 4.89. The molecule has 0 fully saturated rings. The van der Waals surface area contributed by atoms with E-state index in [1.165, 1.54) is 19.2 Å². The van der Waals surface area contributed by atoms with Gasteiger partial charge in [-0.15, -0.1) is 0 Å². The second-order valence-electron chi connectivity index (χ2n) is 9.49. The summed E-state index contributed by atoms with van der Waals surface area (Å²) >= 11 is 0. The van der Waals surface area contributed by atoms with Crippen molar-refractivity contribution in [3.63, 3.8) is 0 Å². The Bertz CT molecular complexity index is 1420. The maximum absolute atomic E-state index is 13.6. The van der Waals surface area contributed by atoms with Gasteiger partial charge in [0, 0.05) is 11.6 Å². The van der Waals surface area contributed by atoms with E-state index < -0.39 is 11.6 Å². The molecular formula is C27H25F3NO+. The molecule has 0 atom stereocenters. The first-order valence-electron chi connectivity index (χ1n) is 10.7. The minimum atomic E-state index is -4.28. The number of aryl methyl sites for hydroxylation is 3. The SMILES string of the molecule is Cc1c2c(c(C)c3ccccc13)-c1c3c(cc(CC(C)(C)C(F)(F)F)cc3cc[n+]1C)O2. The summed E-state index contributed by atoms with van der Waals surface area (Å²) < 4.78 is 49.2. The van der Waals surface area contributed by atoms with Crippen molar-refractivity contribution in [1.29, 1.82) is 0 Å². The van der Waals surface area contributed by atoms with Crippen molar-refractivity contribution in [3.05, 3.63) is 65.4 Å².